The number of amides is 1. The van der Waals surface area contributed by atoms with Gasteiger partial charge in [0.25, 0.3) is 10.0 Å². The van der Waals surface area contributed by atoms with Crippen molar-refractivity contribution >= 4 is 21.6 Å². The molecule has 0 radical (unpaired) electrons. The Morgan fingerprint density at radius 3 is 2.55 bits per heavy atom. The number of carbonyl (C=O) groups is 1. The van der Waals surface area contributed by atoms with E-state index < -0.39 is 34.2 Å². The molecule has 5 rings (SSSR count). The number of aliphatic hydroxyl groups is 1. The molecule has 2 heterocycles. The van der Waals surface area contributed by atoms with E-state index in [2.05, 4.69) is 10.0 Å². The molecule has 2 aliphatic heterocycles. The Bertz CT molecular complexity index is 1380. The van der Waals surface area contributed by atoms with Crippen LogP contribution in [0.2, 0.25) is 0 Å². The number of anilines is 1. The predicted octanol–water partition coefficient (Wildman–Crippen LogP) is 3.37. The average molecular weight is 541 g/mol. The highest BCUT2D eigenvalue weighted by Gasteiger charge is 2.46. The highest BCUT2D eigenvalue weighted by atomic mass is 32.2. The molecule has 2 aliphatic rings. The molecule has 1 amide bonds. The Labute approximate surface area is 220 Å². The number of ether oxygens (including phenoxy) is 2. The van der Waals surface area contributed by atoms with E-state index in [0.29, 0.717) is 24.4 Å². The van der Waals surface area contributed by atoms with Crippen molar-refractivity contribution in [3.05, 3.63) is 89.7 Å². The van der Waals surface area contributed by atoms with Crippen molar-refractivity contribution in [1.82, 2.24) is 5.32 Å². The summed E-state index contributed by atoms with van der Waals surface area (Å²) in [5, 5.41) is 12.9. The van der Waals surface area contributed by atoms with Crippen molar-refractivity contribution in [2.24, 2.45) is 0 Å². The maximum absolute atomic E-state index is 13.2. The van der Waals surface area contributed by atoms with Gasteiger partial charge < -0.3 is 19.9 Å². The number of aliphatic hydroxyl groups excluding tert-OH is 1. The minimum atomic E-state index is -3.92. The minimum Gasteiger partial charge on any atom is -0.487 e. The number of benzene rings is 3. The lowest BCUT2D eigenvalue weighted by molar-refractivity contribution is -0.142. The van der Waals surface area contributed by atoms with Crippen molar-refractivity contribution in [2.75, 3.05) is 17.9 Å². The van der Waals surface area contributed by atoms with Crippen molar-refractivity contribution < 1.29 is 32.2 Å². The Morgan fingerprint density at radius 1 is 1.05 bits per heavy atom. The van der Waals surface area contributed by atoms with Gasteiger partial charge in [0.1, 0.15) is 23.8 Å². The summed E-state index contributed by atoms with van der Waals surface area (Å²) in [7, 11) is -3.92. The number of carbonyl (C=O) groups excluding carboxylic acids is 1. The summed E-state index contributed by atoms with van der Waals surface area (Å²) in [5.74, 6) is -0.267. The summed E-state index contributed by atoms with van der Waals surface area (Å²) in [5.41, 5.74) is 2.25. The average Bonchev–Trinajstić information content (AvgIpc) is 3.27. The highest BCUT2D eigenvalue weighted by molar-refractivity contribution is 7.92. The topological polar surface area (TPSA) is 114 Å². The van der Waals surface area contributed by atoms with Gasteiger partial charge in [0, 0.05) is 23.7 Å². The number of halogens is 1. The molecule has 3 aromatic carbocycles. The van der Waals surface area contributed by atoms with Crippen LogP contribution >= 0.6 is 0 Å². The lowest BCUT2D eigenvalue weighted by atomic mass is 9.84. The molecule has 4 atom stereocenters. The first-order chi connectivity index (χ1) is 18.3. The maximum Gasteiger partial charge on any atom is 0.261 e. The zero-order valence-electron chi connectivity index (χ0n) is 20.5. The molecule has 3 N–H and O–H groups in total. The van der Waals surface area contributed by atoms with Gasteiger partial charge in [-0.1, -0.05) is 30.3 Å². The standard InChI is InChI=1S/C28H29FN2O6S/c29-19-6-9-22(10-7-19)38(34,35)31-20-8-11-25-23(14-20)24-15-21(36-26(17-32)28(24)37-25)16-27(33)30-13-12-18-4-2-1-3-5-18/h1-11,14,21,24,26,28,31-32H,12-13,15-17H2,(H,30,33)/t21-,24+,26+,28-/m0/s1. The Kier molecular flexibility index (Phi) is 7.64. The lowest BCUT2D eigenvalue weighted by Gasteiger charge is -2.37. The first kappa shape index (κ1) is 26.1. The van der Waals surface area contributed by atoms with Crippen LogP contribution in [-0.4, -0.2) is 50.9 Å². The zero-order valence-corrected chi connectivity index (χ0v) is 21.4. The fourth-order valence-corrected chi connectivity index (χ4v) is 6.10. The van der Waals surface area contributed by atoms with Crippen molar-refractivity contribution in [3.8, 4) is 5.75 Å². The Balaban J connectivity index is 1.26. The molecule has 200 valence electrons. The third kappa shape index (κ3) is 5.82. The second kappa shape index (κ2) is 11.1. The second-order valence-corrected chi connectivity index (χ2v) is 11.2. The first-order valence-electron chi connectivity index (χ1n) is 12.5. The number of sulfonamides is 1. The van der Waals surface area contributed by atoms with Crippen LogP contribution in [0.4, 0.5) is 10.1 Å². The van der Waals surface area contributed by atoms with Gasteiger partial charge in [-0.2, -0.15) is 0 Å². The van der Waals surface area contributed by atoms with Crippen LogP contribution in [0.15, 0.2) is 77.7 Å². The van der Waals surface area contributed by atoms with Crippen molar-refractivity contribution in [2.45, 2.75) is 48.4 Å². The molecule has 0 aromatic heterocycles. The molecule has 0 spiro atoms. The molecule has 0 unspecified atom stereocenters. The van der Waals surface area contributed by atoms with E-state index in [1.54, 1.807) is 18.2 Å². The summed E-state index contributed by atoms with van der Waals surface area (Å²) >= 11 is 0. The zero-order chi connectivity index (χ0) is 26.7. The maximum atomic E-state index is 13.2. The van der Waals surface area contributed by atoms with Gasteiger partial charge in [-0.05, 0) is 60.9 Å². The molecule has 0 saturated carbocycles. The Hall–Kier alpha value is -3.47. The van der Waals surface area contributed by atoms with Crippen LogP contribution in [0.5, 0.6) is 5.75 Å². The van der Waals surface area contributed by atoms with E-state index >= 15 is 0 Å². The summed E-state index contributed by atoms with van der Waals surface area (Å²) in [4.78, 5) is 12.6. The fourth-order valence-electron chi connectivity index (χ4n) is 5.05. The number of rotatable bonds is 9. The van der Waals surface area contributed by atoms with Crippen LogP contribution in [-0.2, 0) is 26.0 Å². The van der Waals surface area contributed by atoms with E-state index in [1.165, 1.54) is 12.1 Å². The van der Waals surface area contributed by atoms with E-state index in [0.717, 1.165) is 29.7 Å². The van der Waals surface area contributed by atoms with E-state index in [1.807, 2.05) is 30.3 Å². The molecular formula is C28H29FN2O6S. The third-order valence-corrected chi connectivity index (χ3v) is 8.26. The minimum absolute atomic E-state index is 0.0572. The number of hydrogen-bond donors (Lipinski definition) is 3. The van der Waals surface area contributed by atoms with Gasteiger partial charge in [0.05, 0.1) is 24.0 Å². The van der Waals surface area contributed by atoms with Crippen molar-refractivity contribution in [1.29, 1.82) is 0 Å². The second-order valence-electron chi connectivity index (χ2n) is 9.51. The fraction of sp³-hybridized carbons (Fsp3) is 0.321. The molecule has 3 aromatic rings. The van der Waals surface area contributed by atoms with E-state index in [4.69, 9.17) is 9.47 Å². The summed E-state index contributed by atoms with van der Waals surface area (Å²) < 4.78 is 53.4. The first-order valence-corrected chi connectivity index (χ1v) is 14.0. The smallest absolute Gasteiger partial charge is 0.261 e. The van der Waals surface area contributed by atoms with Gasteiger partial charge >= 0.3 is 0 Å². The highest BCUT2D eigenvalue weighted by Crippen LogP contribution is 2.47. The van der Waals surface area contributed by atoms with Crippen LogP contribution in [0.3, 0.4) is 0 Å². The number of hydrogen-bond acceptors (Lipinski definition) is 6. The van der Waals surface area contributed by atoms with Crippen LogP contribution in [0.25, 0.3) is 0 Å². The molecule has 1 saturated heterocycles. The van der Waals surface area contributed by atoms with Gasteiger partial charge in [-0.15, -0.1) is 0 Å². The van der Waals surface area contributed by atoms with Gasteiger partial charge in [0.15, 0.2) is 0 Å². The number of fused-ring (bicyclic) bond motifs is 3. The monoisotopic (exact) mass is 540 g/mol. The van der Waals surface area contributed by atoms with E-state index in [-0.39, 0.29) is 29.7 Å². The number of nitrogens with one attached hydrogen (secondary N) is 2. The van der Waals surface area contributed by atoms with Gasteiger partial charge in [-0.3, -0.25) is 9.52 Å². The van der Waals surface area contributed by atoms with E-state index in [9.17, 15) is 22.7 Å². The predicted molar refractivity (Wildman–Crippen MR) is 139 cm³/mol. The summed E-state index contributed by atoms with van der Waals surface area (Å²) in [6.07, 6.45) is -0.159. The van der Waals surface area contributed by atoms with Gasteiger partial charge in [0.2, 0.25) is 5.91 Å². The molecule has 0 bridgehead atoms. The molecule has 10 heteroatoms. The quantitative estimate of drug-likeness (QED) is 0.384. The molecule has 38 heavy (non-hydrogen) atoms. The van der Waals surface area contributed by atoms with Crippen LogP contribution in [0.1, 0.15) is 29.9 Å². The SMILES string of the molecule is O=C(C[C@@H]1C[C@@H]2c3cc(NS(=O)(=O)c4ccc(F)cc4)ccc3O[C@@H]2[C@@H](CO)O1)NCCc1ccccc1. The molecule has 1 fully saturated rings. The Morgan fingerprint density at radius 2 is 1.82 bits per heavy atom. The van der Waals surface area contributed by atoms with Crippen molar-refractivity contribution in [3.63, 3.8) is 0 Å². The van der Waals surface area contributed by atoms with Crippen LogP contribution in [0, 0.1) is 5.82 Å². The largest absolute Gasteiger partial charge is 0.487 e. The molecule has 0 aliphatic carbocycles. The molecule has 8 nitrogen and oxygen atoms in total. The summed E-state index contributed by atoms with van der Waals surface area (Å²) in [6.45, 7) is 0.236. The summed E-state index contributed by atoms with van der Waals surface area (Å²) in [6, 6.07) is 19.4. The lowest BCUT2D eigenvalue weighted by Crippen LogP contribution is -2.47. The third-order valence-electron chi connectivity index (χ3n) is 6.87. The molecular weight excluding hydrogens is 511 g/mol. The normalized spacial score (nSPS) is 22.2. The van der Waals surface area contributed by atoms with Gasteiger partial charge in [-0.25, -0.2) is 12.8 Å². The van der Waals surface area contributed by atoms with Crippen LogP contribution < -0.4 is 14.8 Å².